The third-order valence-corrected chi connectivity index (χ3v) is 0.927. The van der Waals surface area contributed by atoms with Gasteiger partial charge in [0.25, 0.3) is 0 Å². The number of hydrazine groups is 1. The molecule has 0 saturated carbocycles. The van der Waals surface area contributed by atoms with Gasteiger partial charge in [0.1, 0.15) is 0 Å². The summed E-state index contributed by atoms with van der Waals surface area (Å²) in [5, 5.41) is 4.93. The van der Waals surface area contributed by atoms with Gasteiger partial charge in [-0.05, 0) is 0 Å². The Kier molecular flexibility index (Phi) is 2.11. The molecule has 0 aromatic rings. The molecule has 0 amide bonds. The Morgan fingerprint density at radius 3 is 3.10 bits per heavy atom. The molecule has 0 unspecified atom stereocenters. The van der Waals surface area contributed by atoms with Gasteiger partial charge in [-0.2, -0.15) is 0 Å². The summed E-state index contributed by atoms with van der Waals surface area (Å²) >= 11 is 0. The van der Waals surface area contributed by atoms with Crippen LogP contribution in [-0.2, 0) is 9.57 Å². The summed E-state index contributed by atoms with van der Waals surface area (Å²) in [4.78, 5) is 4.70. The van der Waals surface area contributed by atoms with Crippen LogP contribution in [0.25, 0.3) is 0 Å². The van der Waals surface area contributed by atoms with Crippen LogP contribution in [0.2, 0.25) is 0 Å². The van der Waals surface area contributed by atoms with E-state index in [2.05, 4.69) is 16.7 Å². The number of rotatable bonds is 1. The van der Waals surface area contributed by atoms with E-state index >= 15 is 0 Å². The van der Waals surface area contributed by atoms with Crippen molar-refractivity contribution in [1.82, 2.24) is 10.7 Å². The van der Waals surface area contributed by atoms with E-state index in [0.717, 1.165) is 5.28 Å². The highest BCUT2D eigenvalue weighted by molar-refractivity contribution is 5.86. The summed E-state index contributed by atoms with van der Waals surface area (Å²) < 4.78 is 4.79. The zero-order valence-corrected chi connectivity index (χ0v) is 5.79. The van der Waals surface area contributed by atoms with Gasteiger partial charge in [-0.1, -0.05) is 10.4 Å². The van der Waals surface area contributed by atoms with Crippen molar-refractivity contribution >= 4 is 5.90 Å². The van der Waals surface area contributed by atoms with E-state index in [0.29, 0.717) is 5.90 Å². The maximum Gasteiger partial charge on any atom is 0.237 e. The molecule has 1 heterocycles. The molecule has 5 heteroatoms. The minimum Gasteiger partial charge on any atom is -0.480 e. The van der Waals surface area contributed by atoms with E-state index in [9.17, 15) is 0 Å². The topological polar surface area (TPSA) is 46.1 Å². The number of methoxy groups -OCH3 is 1. The molecule has 0 aromatic carbocycles. The van der Waals surface area contributed by atoms with Crippen LogP contribution in [0.5, 0.6) is 0 Å². The van der Waals surface area contributed by atoms with Gasteiger partial charge in [-0.15, -0.1) is 0 Å². The average Bonchev–Trinajstić information content (AvgIpc) is 2.05. The standard InChI is InChI=1S/C5H8N3O2/c1-9-5-3-4-6-8(7-5)10-2/h3,6H,1-2H3. The minimum atomic E-state index is 0.445. The zero-order chi connectivity index (χ0) is 7.40. The first-order valence-electron chi connectivity index (χ1n) is 2.68. The number of hydrazone groups is 1. The Hall–Kier alpha value is -1.23. The van der Waals surface area contributed by atoms with Crippen LogP contribution in [0.15, 0.2) is 11.2 Å². The van der Waals surface area contributed by atoms with Crippen molar-refractivity contribution in [2.75, 3.05) is 14.2 Å². The van der Waals surface area contributed by atoms with Crippen LogP contribution in [0.3, 0.4) is 0 Å². The van der Waals surface area contributed by atoms with Gasteiger partial charge in [0, 0.05) is 6.08 Å². The van der Waals surface area contributed by atoms with Gasteiger partial charge in [-0.3, -0.25) is 5.43 Å². The Bertz CT molecular complexity index is 166. The van der Waals surface area contributed by atoms with Crippen molar-refractivity contribution in [3.05, 3.63) is 12.3 Å². The lowest BCUT2D eigenvalue weighted by molar-refractivity contribution is -0.165. The molecular weight excluding hydrogens is 134 g/mol. The predicted octanol–water partition coefficient (Wildman–Crippen LogP) is -0.355. The number of nitrogens with one attached hydrogen (secondary N) is 1. The predicted molar refractivity (Wildman–Crippen MR) is 34.2 cm³/mol. The van der Waals surface area contributed by atoms with Gasteiger partial charge >= 0.3 is 0 Å². The van der Waals surface area contributed by atoms with Crippen LogP contribution in [0, 0.1) is 6.20 Å². The van der Waals surface area contributed by atoms with Crippen molar-refractivity contribution in [1.29, 1.82) is 0 Å². The second-order valence-corrected chi connectivity index (χ2v) is 1.50. The van der Waals surface area contributed by atoms with Crippen molar-refractivity contribution in [3.63, 3.8) is 0 Å². The number of hydrogen-bond acceptors (Lipinski definition) is 5. The lowest BCUT2D eigenvalue weighted by Crippen LogP contribution is -2.32. The van der Waals surface area contributed by atoms with E-state index in [-0.39, 0.29) is 0 Å². The Morgan fingerprint density at radius 2 is 2.50 bits per heavy atom. The summed E-state index contributed by atoms with van der Waals surface area (Å²) in [7, 11) is 3.01. The van der Waals surface area contributed by atoms with Gasteiger partial charge in [0.05, 0.1) is 20.4 Å². The van der Waals surface area contributed by atoms with Crippen molar-refractivity contribution in [3.8, 4) is 0 Å². The van der Waals surface area contributed by atoms with E-state index in [1.165, 1.54) is 14.2 Å². The second kappa shape index (κ2) is 3.07. The quantitative estimate of drug-likeness (QED) is 0.543. The third kappa shape index (κ3) is 1.38. The summed E-state index contributed by atoms with van der Waals surface area (Å²) in [5.74, 6) is 0.445. The Labute approximate surface area is 58.8 Å². The lowest BCUT2D eigenvalue weighted by Gasteiger charge is -2.17. The maximum absolute atomic E-state index is 4.79. The summed E-state index contributed by atoms with van der Waals surface area (Å²) in [6, 6.07) is 0. The molecular formula is C5H8N3O2. The molecule has 0 bridgehead atoms. The molecule has 0 fully saturated rings. The zero-order valence-electron chi connectivity index (χ0n) is 5.79. The first kappa shape index (κ1) is 6.88. The number of hydrogen-bond donors (Lipinski definition) is 1. The molecule has 0 aliphatic carbocycles. The highest BCUT2D eigenvalue weighted by Crippen LogP contribution is 1.93. The molecule has 1 rings (SSSR count). The molecule has 0 atom stereocenters. The van der Waals surface area contributed by atoms with Gasteiger partial charge < -0.3 is 4.74 Å². The first-order chi connectivity index (χ1) is 4.86. The highest BCUT2D eigenvalue weighted by Gasteiger charge is 2.03. The minimum absolute atomic E-state index is 0.445. The van der Waals surface area contributed by atoms with Crippen LogP contribution < -0.4 is 5.43 Å². The van der Waals surface area contributed by atoms with Gasteiger partial charge in [0.2, 0.25) is 5.90 Å². The van der Waals surface area contributed by atoms with E-state index < -0.39 is 0 Å². The fourth-order valence-corrected chi connectivity index (χ4v) is 0.479. The van der Waals surface area contributed by atoms with Gasteiger partial charge in [0.15, 0.2) is 0 Å². The third-order valence-electron chi connectivity index (χ3n) is 0.927. The lowest BCUT2D eigenvalue weighted by atomic mass is 10.6. The summed E-state index contributed by atoms with van der Waals surface area (Å²) in [5.41, 5.74) is 2.57. The highest BCUT2D eigenvalue weighted by atomic mass is 16.7. The van der Waals surface area contributed by atoms with Gasteiger partial charge in [-0.25, -0.2) is 4.84 Å². The summed E-state index contributed by atoms with van der Waals surface area (Å²) in [6.07, 6.45) is 4.22. The van der Waals surface area contributed by atoms with Crippen LogP contribution >= 0.6 is 0 Å². The molecule has 0 spiro atoms. The second-order valence-electron chi connectivity index (χ2n) is 1.50. The number of ether oxygens (including phenoxy) is 1. The van der Waals surface area contributed by atoms with E-state index in [4.69, 9.17) is 9.57 Å². The molecule has 55 valence electrons. The molecule has 1 aliphatic rings. The number of nitrogens with zero attached hydrogens (tertiary/aromatic N) is 2. The normalized spacial score (nSPS) is 16.2. The SMILES string of the molecule is COC1=NN(OC)N[C]=C1. The van der Waals surface area contributed by atoms with Crippen LogP contribution in [0.4, 0.5) is 0 Å². The fourth-order valence-electron chi connectivity index (χ4n) is 0.479. The fraction of sp³-hybridized carbons (Fsp3) is 0.400. The van der Waals surface area contributed by atoms with E-state index in [1.807, 2.05) is 0 Å². The maximum atomic E-state index is 4.79. The van der Waals surface area contributed by atoms with Crippen molar-refractivity contribution in [2.45, 2.75) is 0 Å². The van der Waals surface area contributed by atoms with Crippen molar-refractivity contribution < 1.29 is 9.57 Å². The monoisotopic (exact) mass is 142 g/mol. The molecule has 0 saturated heterocycles. The smallest absolute Gasteiger partial charge is 0.237 e. The molecule has 1 N–H and O–H groups in total. The first-order valence-corrected chi connectivity index (χ1v) is 2.68. The van der Waals surface area contributed by atoms with Crippen LogP contribution in [-0.4, -0.2) is 25.4 Å². The summed E-state index contributed by atoms with van der Waals surface area (Å²) in [6.45, 7) is 0. The largest absolute Gasteiger partial charge is 0.480 e. The average molecular weight is 142 g/mol. The molecule has 5 nitrogen and oxygen atoms in total. The molecule has 1 radical (unpaired) electrons. The molecule has 1 aliphatic heterocycles. The molecule has 10 heavy (non-hydrogen) atoms. The molecule has 0 aromatic heterocycles. The van der Waals surface area contributed by atoms with E-state index in [1.54, 1.807) is 6.08 Å². The van der Waals surface area contributed by atoms with Crippen LogP contribution in [0.1, 0.15) is 0 Å². The Balaban J connectivity index is 2.56. The Morgan fingerprint density at radius 1 is 1.70 bits per heavy atom. The van der Waals surface area contributed by atoms with Crippen molar-refractivity contribution in [2.24, 2.45) is 5.10 Å².